The van der Waals surface area contributed by atoms with E-state index in [4.69, 9.17) is 0 Å². The van der Waals surface area contributed by atoms with Crippen LogP contribution in [0.4, 0.5) is 0 Å². The predicted octanol–water partition coefficient (Wildman–Crippen LogP) is 0.785. The van der Waals surface area contributed by atoms with Crippen LogP contribution in [0.15, 0.2) is 18.3 Å². The standard InChI is InChI=1S/C10H15NO4S/c1-10(2,12)9-6-8(4-5-11-9)7-15-16(3,13)14/h4-6,12H,7H2,1-3H3. The van der Waals surface area contributed by atoms with E-state index in [1.807, 2.05) is 0 Å². The van der Waals surface area contributed by atoms with Crippen LogP contribution in [0.5, 0.6) is 0 Å². The number of aliphatic hydroxyl groups is 1. The minimum Gasteiger partial charge on any atom is -0.384 e. The third kappa shape index (κ3) is 4.26. The zero-order chi connectivity index (χ0) is 12.4. The fourth-order valence-corrected chi connectivity index (χ4v) is 1.42. The Morgan fingerprint density at radius 2 is 2.12 bits per heavy atom. The van der Waals surface area contributed by atoms with Crippen molar-refractivity contribution >= 4 is 10.1 Å². The molecule has 0 aromatic carbocycles. The molecule has 0 aliphatic carbocycles. The number of hydrogen-bond donors (Lipinski definition) is 1. The maximum absolute atomic E-state index is 10.8. The third-order valence-electron chi connectivity index (χ3n) is 1.89. The Hall–Kier alpha value is -0.980. The van der Waals surface area contributed by atoms with Gasteiger partial charge in [-0.15, -0.1) is 0 Å². The second-order valence-corrected chi connectivity index (χ2v) is 5.72. The summed E-state index contributed by atoms with van der Waals surface area (Å²) < 4.78 is 26.2. The van der Waals surface area contributed by atoms with Gasteiger partial charge in [-0.05, 0) is 31.5 Å². The van der Waals surface area contributed by atoms with Crippen molar-refractivity contribution in [3.8, 4) is 0 Å². The van der Waals surface area contributed by atoms with Crippen LogP contribution in [0.2, 0.25) is 0 Å². The van der Waals surface area contributed by atoms with Gasteiger partial charge in [0.25, 0.3) is 10.1 Å². The van der Waals surface area contributed by atoms with Gasteiger partial charge in [-0.1, -0.05) is 0 Å². The van der Waals surface area contributed by atoms with Crippen LogP contribution in [0.25, 0.3) is 0 Å². The Morgan fingerprint density at radius 3 is 2.62 bits per heavy atom. The number of pyridine rings is 1. The highest BCUT2D eigenvalue weighted by Crippen LogP contribution is 2.18. The zero-order valence-electron chi connectivity index (χ0n) is 9.47. The molecule has 1 rings (SSSR count). The average Bonchev–Trinajstić information content (AvgIpc) is 2.13. The van der Waals surface area contributed by atoms with E-state index in [1.54, 1.807) is 26.0 Å². The summed E-state index contributed by atoms with van der Waals surface area (Å²) in [6, 6.07) is 3.26. The van der Waals surface area contributed by atoms with Gasteiger partial charge >= 0.3 is 0 Å². The lowest BCUT2D eigenvalue weighted by molar-refractivity contribution is 0.0737. The van der Waals surface area contributed by atoms with Crippen LogP contribution in [0.1, 0.15) is 25.1 Å². The molecule has 0 radical (unpaired) electrons. The molecule has 16 heavy (non-hydrogen) atoms. The lowest BCUT2D eigenvalue weighted by atomic mass is 10.0. The highest BCUT2D eigenvalue weighted by Gasteiger charge is 2.17. The first-order valence-corrected chi connectivity index (χ1v) is 6.52. The molecule has 90 valence electrons. The minimum atomic E-state index is -3.45. The van der Waals surface area contributed by atoms with Gasteiger partial charge in [-0.3, -0.25) is 9.17 Å². The predicted molar refractivity (Wildman–Crippen MR) is 59.1 cm³/mol. The molecule has 1 aromatic heterocycles. The van der Waals surface area contributed by atoms with Crippen molar-refractivity contribution in [1.82, 2.24) is 4.98 Å². The molecular weight excluding hydrogens is 230 g/mol. The Morgan fingerprint density at radius 1 is 1.50 bits per heavy atom. The van der Waals surface area contributed by atoms with E-state index in [0.717, 1.165) is 6.26 Å². The summed E-state index contributed by atoms with van der Waals surface area (Å²) in [4.78, 5) is 4.00. The summed E-state index contributed by atoms with van der Waals surface area (Å²) in [7, 11) is -3.45. The molecule has 0 atom stereocenters. The van der Waals surface area contributed by atoms with Crippen molar-refractivity contribution in [2.75, 3.05) is 6.26 Å². The second-order valence-electron chi connectivity index (χ2n) is 4.07. The van der Waals surface area contributed by atoms with E-state index in [-0.39, 0.29) is 6.61 Å². The molecule has 0 spiro atoms. The van der Waals surface area contributed by atoms with Crippen LogP contribution in [0.3, 0.4) is 0 Å². The number of rotatable bonds is 4. The summed E-state index contributed by atoms with van der Waals surface area (Å²) in [6.07, 6.45) is 2.50. The molecule has 1 heterocycles. The summed E-state index contributed by atoms with van der Waals surface area (Å²) in [5.41, 5.74) is 0.0702. The largest absolute Gasteiger partial charge is 0.384 e. The smallest absolute Gasteiger partial charge is 0.264 e. The number of hydrogen-bond acceptors (Lipinski definition) is 5. The molecule has 0 fully saturated rings. The molecule has 0 unspecified atom stereocenters. The Labute approximate surface area is 95.2 Å². The Kier molecular flexibility index (Phi) is 3.67. The van der Waals surface area contributed by atoms with Gasteiger partial charge in [-0.25, -0.2) is 0 Å². The first-order chi connectivity index (χ1) is 7.18. The van der Waals surface area contributed by atoms with Crippen LogP contribution < -0.4 is 0 Å². The van der Waals surface area contributed by atoms with E-state index in [2.05, 4.69) is 9.17 Å². The van der Waals surface area contributed by atoms with Gasteiger partial charge in [0.15, 0.2) is 0 Å². The van der Waals surface area contributed by atoms with Gasteiger partial charge in [-0.2, -0.15) is 8.42 Å². The lowest BCUT2D eigenvalue weighted by Gasteiger charge is -2.16. The summed E-state index contributed by atoms with van der Waals surface area (Å²) in [6.45, 7) is 3.16. The van der Waals surface area contributed by atoms with Crippen LogP contribution in [-0.2, 0) is 26.5 Å². The van der Waals surface area contributed by atoms with E-state index >= 15 is 0 Å². The molecule has 6 heteroatoms. The van der Waals surface area contributed by atoms with Gasteiger partial charge < -0.3 is 5.11 Å². The maximum atomic E-state index is 10.8. The van der Waals surface area contributed by atoms with E-state index in [9.17, 15) is 13.5 Å². The lowest BCUT2D eigenvalue weighted by Crippen LogP contribution is -2.17. The fourth-order valence-electron chi connectivity index (χ4n) is 1.07. The SMILES string of the molecule is CC(C)(O)c1cc(COS(C)(=O)=O)ccn1. The molecule has 0 amide bonds. The molecule has 1 N–H and O–H groups in total. The molecule has 0 saturated heterocycles. The first-order valence-electron chi connectivity index (χ1n) is 4.71. The highest BCUT2D eigenvalue weighted by molar-refractivity contribution is 7.85. The molecule has 0 aliphatic rings. The molecule has 0 bridgehead atoms. The normalized spacial score (nSPS) is 12.8. The minimum absolute atomic E-state index is 0.0512. The van der Waals surface area contributed by atoms with Crippen LogP contribution >= 0.6 is 0 Å². The quantitative estimate of drug-likeness (QED) is 0.793. The summed E-state index contributed by atoms with van der Waals surface area (Å²) in [5.74, 6) is 0. The van der Waals surface area contributed by atoms with Crippen molar-refractivity contribution in [3.63, 3.8) is 0 Å². The van der Waals surface area contributed by atoms with Crippen LogP contribution in [-0.4, -0.2) is 24.8 Å². The number of aromatic nitrogens is 1. The van der Waals surface area contributed by atoms with Crippen molar-refractivity contribution in [2.45, 2.75) is 26.1 Å². The van der Waals surface area contributed by atoms with Gasteiger partial charge in [0.05, 0.1) is 18.6 Å². The van der Waals surface area contributed by atoms with Crippen molar-refractivity contribution in [2.24, 2.45) is 0 Å². The van der Waals surface area contributed by atoms with Crippen LogP contribution in [0, 0.1) is 0 Å². The van der Waals surface area contributed by atoms with Crippen molar-refractivity contribution in [1.29, 1.82) is 0 Å². The van der Waals surface area contributed by atoms with Gasteiger partial charge in [0.1, 0.15) is 5.60 Å². The highest BCUT2D eigenvalue weighted by atomic mass is 32.2. The van der Waals surface area contributed by atoms with Gasteiger partial charge in [0, 0.05) is 6.20 Å². The topological polar surface area (TPSA) is 76.5 Å². The molecule has 5 nitrogen and oxygen atoms in total. The second kappa shape index (κ2) is 4.48. The molecule has 0 aliphatic heterocycles. The Bertz CT molecular complexity index is 462. The summed E-state index contributed by atoms with van der Waals surface area (Å²) in [5, 5.41) is 9.72. The van der Waals surface area contributed by atoms with Crippen molar-refractivity contribution < 1.29 is 17.7 Å². The van der Waals surface area contributed by atoms with E-state index in [0.29, 0.717) is 11.3 Å². The molecule has 0 saturated carbocycles. The number of nitrogens with zero attached hydrogens (tertiary/aromatic N) is 1. The van der Waals surface area contributed by atoms with Gasteiger partial charge in [0.2, 0.25) is 0 Å². The van der Waals surface area contributed by atoms with E-state index in [1.165, 1.54) is 6.20 Å². The van der Waals surface area contributed by atoms with E-state index < -0.39 is 15.7 Å². The fraction of sp³-hybridized carbons (Fsp3) is 0.500. The third-order valence-corrected chi connectivity index (χ3v) is 2.44. The Balaban J connectivity index is 2.84. The first kappa shape index (κ1) is 13.1. The zero-order valence-corrected chi connectivity index (χ0v) is 10.3. The summed E-state index contributed by atoms with van der Waals surface area (Å²) >= 11 is 0. The van der Waals surface area contributed by atoms with Crippen molar-refractivity contribution in [3.05, 3.63) is 29.6 Å². The maximum Gasteiger partial charge on any atom is 0.264 e. The monoisotopic (exact) mass is 245 g/mol. The average molecular weight is 245 g/mol. The molecule has 1 aromatic rings. The molecular formula is C10H15NO4S.